The van der Waals surface area contributed by atoms with Crippen LogP contribution in [0.5, 0.6) is 17.2 Å². The summed E-state index contributed by atoms with van der Waals surface area (Å²) in [5, 5.41) is 31.8. The molecule has 1 saturated carbocycles. The molecular weight excluding hydrogens is 456 g/mol. The molecule has 1 aliphatic rings. The van der Waals surface area contributed by atoms with Gasteiger partial charge in [0.05, 0.1) is 0 Å². The van der Waals surface area contributed by atoms with Gasteiger partial charge in [0.2, 0.25) is 0 Å². The fourth-order valence-corrected chi connectivity index (χ4v) is 6.19. The van der Waals surface area contributed by atoms with Crippen LogP contribution in [0, 0.1) is 13.8 Å². The van der Waals surface area contributed by atoms with Crippen molar-refractivity contribution in [3.8, 4) is 17.2 Å². The summed E-state index contributed by atoms with van der Waals surface area (Å²) >= 11 is 0. The maximum absolute atomic E-state index is 11.0. The van der Waals surface area contributed by atoms with Gasteiger partial charge >= 0.3 is 0 Å². The number of hydrogen-bond acceptors (Lipinski definition) is 3. The van der Waals surface area contributed by atoms with Crippen LogP contribution in [0.3, 0.4) is 0 Å². The van der Waals surface area contributed by atoms with Crippen LogP contribution in [0.25, 0.3) is 0 Å². The van der Waals surface area contributed by atoms with E-state index in [1.165, 1.54) is 16.7 Å². The van der Waals surface area contributed by atoms with Gasteiger partial charge in [-0.25, -0.2) is 0 Å². The van der Waals surface area contributed by atoms with E-state index < -0.39 is 0 Å². The highest BCUT2D eigenvalue weighted by Gasteiger charge is 2.41. The monoisotopic (exact) mass is 500 g/mol. The van der Waals surface area contributed by atoms with Crippen LogP contribution in [-0.4, -0.2) is 15.3 Å². The molecule has 1 aliphatic carbocycles. The third kappa shape index (κ3) is 5.10. The van der Waals surface area contributed by atoms with E-state index >= 15 is 0 Å². The van der Waals surface area contributed by atoms with Crippen LogP contribution in [-0.2, 0) is 16.2 Å². The highest BCUT2D eigenvalue weighted by atomic mass is 16.3. The molecule has 3 heteroatoms. The van der Waals surface area contributed by atoms with Crippen molar-refractivity contribution >= 4 is 0 Å². The second-order valence-corrected chi connectivity index (χ2v) is 13.3. The quantitative estimate of drug-likeness (QED) is 0.337. The van der Waals surface area contributed by atoms with Gasteiger partial charge in [-0.15, -0.1) is 0 Å². The summed E-state index contributed by atoms with van der Waals surface area (Å²) in [5.74, 6) is 1.52. The number of aromatic hydroxyl groups is 3. The highest BCUT2D eigenvalue weighted by Crippen LogP contribution is 2.52. The van der Waals surface area contributed by atoms with E-state index in [4.69, 9.17) is 0 Å². The summed E-state index contributed by atoms with van der Waals surface area (Å²) in [6.07, 6.45) is 4.00. The van der Waals surface area contributed by atoms with E-state index in [-0.39, 0.29) is 16.2 Å². The summed E-state index contributed by atoms with van der Waals surface area (Å²) in [4.78, 5) is 0. The van der Waals surface area contributed by atoms with Crippen molar-refractivity contribution in [2.45, 2.75) is 103 Å². The van der Waals surface area contributed by atoms with E-state index in [0.717, 1.165) is 47.9 Å². The van der Waals surface area contributed by atoms with Gasteiger partial charge in [-0.3, -0.25) is 0 Å². The van der Waals surface area contributed by atoms with Gasteiger partial charge < -0.3 is 15.3 Å². The summed E-state index contributed by atoms with van der Waals surface area (Å²) in [7, 11) is 0. The van der Waals surface area contributed by atoms with Gasteiger partial charge in [-0.1, -0.05) is 77.9 Å². The second-order valence-electron chi connectivity index (χ2n) is 13.3. The Morgan fingerprint density at radius 1 is 0.649 bits per heavy atom. The Morgan fingerprint density at radius 3 is 1.43 bits per heavy atom. The number of benzene rings is 3. The lowest BCUT2D eigenvalue weighted by Crippen LogP contribution is -2.34. The second kappa shape index (κ2) is 9.42. The molecule has 4 rings (SSSR count). The number of phenolic OH excluding ortho intramolecular Hbond substituents is 3. The van der Waals surface area contributed by atoms with E-state index in [2.05, 4.69) is 77.9 Å². The molecule has 0 heterocycles. The van der Waals surface area contributed by atoms with Crippen LogP contribution in [0.15, 0.2) is 48.5 Å². The predicted molar refractivity (Wildman–Crippen MR) is 153 cm³/mol. The summed E-state index contributed by atoms with van der Waals surface area (Å²) in [5.41, 5.74) is 6.98. The normalized spacial score (nSPS) is 16.6. The summed E-state index contributed by atoms with van der Waals surface area (Å²) in [6.45, 7) is 16.9. The molecule has 0 aromatic heterocycles. The fourth-order valence-electron chi connectivity index (χ4n) is 6.19. The van der Waals surface area contributed by atoms with Crippen LogP contribution in [0.1, 0.15) is 112 Å². The van der Waals surface area contributed by atoms with Crippen molar-refractivity contribution in [1.29, 1.82) is 0 Å². The molecule has 0 unspecified atom stereocenters. The van der Waals surface area contributed by atoms with Crippen molar-refractivity contribution in [3.63, 3.8) is 0 Å². The number of aryl methyl sites for hydroxylation is 2. The van der Waals surface area contributed by atoms with E-state index in [9.17, 15) is 15.3 Å². The highest BCUT2D eigenvalue weighted by molar-refractivity contribution is 5.55. The first-order valence-corrected chi connectivity index (χ1v) is 13.6. The lowest BCUT2D eigenvalue weighted by Gasteiger charge is -2.43. The minimum absolute atomic E-state index is 0.184. The Bertz CT molecular complexity index is 1210. The average molecular weight is 501 g/mol. The van der Waals surface area contributed by atoms with Crippen LogP contribution in [0.4, 0.5) is 0 Å². The van der Waals surface area contributed by atoms with Gasteiger partial charge in [0.15, 0.2) is 0 Å². The first kappa shape index (κ1) is 27.1. The predicted octanol–water partition coefficient (Wildman–Crippen LogP) is 8.66. The van der Waals surface area contributed by atoms with Gasteiger partial charge in [0.25, 0.3) is 0 Å². The molecule has 0 spiro atoms. The molecular formula is C34H44O3. The van der Waals surface area contributed by atoms with E-state index in [1.54, 1.807) is 12.1 Å². The van der Waals surface area contributed by atoms with Gasteiger partial charge in [0.1, 0.15) is 17.2 Å². The third-order valence-corrected chi connectivity index (χ3v) is 8.53. The molecule has 0 saturated heterocycles. The smallest absolute Gasteiger partial charge is 0.122 e. The Kier molecular flexibility index (Phi) is 6.90. The Balaban J connectivity index is 1.90. The number of hydrogen-bond donors (Lipinski definition) is 3. The molecule has 198 valence electrons. The van der Waals surface area contributed by atoms with E-state index in [1.807, 2.05) is 13.8 Å². The molecule has 3 nitrogen and oxygen atoms in total. The molecule has 37 heavy (non-hydrogen) atoms. The molecule has 0 radical (unpaired) electrons. The Morgan fingerprint density at radius 2 is 1.05 bits per heavy atom. The summed E-state index contributed by atoms with van der Waals surface area (Å²) in [6, 6.07) is 16.5. The maximum Gasteiger partial charge on any atom is 0.122 e. The van der Waals surface area contributed by atoms with Crippen molar-refractivity contribution in [2.75, 3.05) is 0 Å². The minimum atomic E-state index is -0.218. The topological polar surface area (TPSA) is 60.7 Å². The van der Waals surface area contributed by atoms with Crippen LogP contribution < -0.4 is 0 Å². The molecule has 0 bridgehead atoms. The van der Waals surface area contributed by atoms with E-state index in [0.29, 0.717) is 23.2 Å². The maximum atomic E-state index is 11.0. The molecule has 3 aromatic rings. The lowest BCUT2D eigenvalue weighted by atomic mass is 9.61. The molecule has 3 N–H and O–H groups in total. The first-order valence-electron chi connectivity index (χ1n) is 13.6. The molecule has 1 fully saturated rings. The first-order chi connectivity index (χ1) is 17.1. The van der Waals surface area contributed by atoms with Gasteiger partial charge in [-0.2, -0.15) is 0 Å². The number of rotatable bonds is 3. The fraction of sp³-hybridized carbons (Fsp3) is 0.471. The zero-order valence-corrected chi connectivity index (χ0v) is 23.9. The SMILES string of the molecule is Cc1cc(C2(c3cc(C)c(O)c(C(C)(C)C)c3)CCC(c3ccc(O)cc3)CC2)cc(C(C)(C)C)c1O. The third-order valence-electron chi connectivity index (χ3n) is 8.53. The standard InChI is InChI=1S/C34H44O3/c1-21-17-25(19-28(30(21)36)32(3,4)5)34(26-18-22(2)31(37)29(20-26)33(6,7)8)15-13-24(14-16-34)23-9-11-27(35)12-10-23/h9-12,17-20,24,35-37H,13-16H2,1-8H3. The molecule has 3 aromatic carbocycles. The zero-order valence-electron chi connectivity index (χ0n) is 23.9. The van der Waals surface area contributed by atoms with Crippen molar-refractivity contribution in [1.82, 2.24) is 0 Å². The lowest BCUT2D eigenvalue weighted by molar-refractivity contribution is 0.312. The molecule has 0 atom stereocenters. The number of phenols is 3. The molecule has 0 amide bonds. The Labute approximate surface area is 223 Å². The van der Waals surface area contributed by atoms with Crippen LogP contribution >= 0.6 is 0 Å². The van der Waals surface area contributed by atoms with Gasteiger partial charge in [0, 0.05) is 5.41 Å². The average Bonchev–Trinajstić information content (AvgIpc) is 2.81. The Hall–Kier alpha value is -2.94. The summed E-state index contributed by atoms with van der Waals surface area (Å²) < 4.78 is 0. The minimum Gasteiger partial charge on any atom is -0.508 e. The van der Waals surface area contributed by atoms with Crippen molar-refractivity contribution in [3.05, 3.63) is 87.5 Å². The van der Waals surface area contributed by atoms with Crippen molar-refractivity contribution in [2.24, 2.45) is 0 Å². The zero-order chi connectivity index (χ0) is 27.3. The largest absolute Gasteiger partial charge is 0.508 e. The van der Waals surface area contributed by atoms with Crippen LogP contribution in [0.2, 0.25) is 0 Å². The van der Waals surface area contributed by atoms with Crippen molar-refractivity contribution < 1.29 is 15.3 Å². The van der Waals surface area contributed by atoms with Gasteiger partial charge in [-0.05, 0) is 107 Å². The molecule has 0 aliphatic heterocycles.